The monoisotopic (exact) mass is 607 g/mol. The number of nitrogens with zero attached hydrogens (tertiary/aromatic N) is 5. The minimum atomic E-state index is -4.87. The topological polar surface area (TPSA) is 95.4 Å². The average Bonchev–Trinajstić information content (AvgIpc) is 3.37. The Morgan fingerprint density at radius 2 is 1.80 bits per heavy atom. The van der Waals surface area contributed by atoms with E-state index < -0.39 is 29.5 Å². The van der Waals surface area contributed by atoms with E-state index in [0.29, 0.717) is 61.7 Å². The fourth-order valence-corrected chi connectivity index (χ4v) is 5.74. The number of carbonyl (C=O) groups excluding carboxylic acids is 2. The predicted octanol–water partition coefficient (Wildman–Crippen LogP) is 5.18. The Morgan fingerprint density at radius 3 is 2.50 bits per heavy atom. The van der Waals surface area contributed by atoms with Gasteiger partial charge in [0.25, 0.3) is 5.91 Å². The van der Waals surface area contributed by atoms with Crippen molar-refractivity contribution in [3.05, 3.63) is 94.8 Å². The van der Waals surface area contributed by atoms with Crippen molar-refractivity contribution in [1.82, 2.24) is 24.6 Å². The van der Waals surface area contributed by atoms with Gasteiger partial charge in [0, 0.05) is 74.9 Å². The molecular weight excluding hydrogens is 578 g/mol. The maximum Gasteiger partial charge on any atom is 0.419 e. The van der Waals surface area contributed by atoms with Gasteiger partial charge in [-0.15, -0.1) is 0 Å². The lowest BCUT2D eigenvalue weighted by atomic mass is 9.93. The number of piperazine rings is 1. The summed E-state index contributed by atoms with van der Waals surface area (Å²) in [7, 11) is 0. The molecule has 4 heterocycles. The Morgan fingerprint density at radius 1 is 1.02 bits per heavy atom. The number of pyridine rings is 1. The summed E-state index contributed by atoms with van der Waals surface area (Å²) < 4.78 is 56.6. The smallest absolute Gasteiger partial charge is 0.344 e. The molecule has 1 unspecified atom stereocenters. The van der Waals surface area contributed by atoms with Gasteiger partial charge in [0.2, 0.25) is 5.91 Å². The van der Waals surface area contributed by atoms with Gasteiger partial charge < -0.3 is 15.5 Å². The zero-order valence-electron chi connectivity index (χ0n) is 24.0. The zero-order chi connectivity index (χ0) is 31.2. The van der Waals surface area contributed by atoms with Crippen LogP contribution in [0.2, 0.25) is 0 Å². The molecule has 6 rings (SSSR count). The van der Waals surface area contributed by atoms with Crippen LogP contribution in [0.1, 0.15) is 36.7 Å². The second-order valence-corrected chi connectivity index (χ2v) is 10.9. The number of halogens is 4. The van der Waals surface area contributed by atoms with E-state index in [1.165, 1.54) is 17.7 Å². The fourth-order valence-electron chi connectivity index (χ4n) is 5.74. The number of rotatable bonds is 5. The molecule has 1 fully saturated rings. The van der Waals surface area contributed by atoms with E-state index in [-0.39, 0.29) is 17.0 Å². The highest BCUT2D eigenvalue weighted by molar-refractivity contribution is 6.06. The highest BCUT2D eigenvalue weighted by atomic mass is 19.4. The molecule has 0 saturated carbocycles. The molecule has 0 bridgehead atoms. The molecule has 0 aliphatic carbocycles. The normalized spacial score (nSPS) is 17.4. The van der Waals surface area contributed by atoms with Crippen molar-refractivity contribution in [2.45, 2.75) is 32.6 Å². The Bertz CT molecular complexity index is 1790. The minimum absolute atomic E-state index is 0.0194. The Labute approximate surface area is 250 Å². The first-order valence-electron chi connectivity index (χ1n) is 14.0. The summed E-state index contributed by atoms with van der Waals surface area (Å²) in [5.41, 5.74) is 0.528. The van der Waals surface area contributed by atoms with Gasteiger partial charge in [-0.25, -0.2) is 9.07 Å². The lowest BCUT2D eigenvalue weighted by Crippen LogP contribution is -2.47. The van der Waals surface area contributed by atoms with Gasteiger partial charge in [0.05, 0.1) is 16.8 Å². The number of carbonyl (C=O) groups is 2. The van der Waals surface area contributed by atoms with Crippen LogP contribution < -0.4 is 10.6 Å². The maximum atomic E-state index is 14.9. The largest absolute Gasteiger partial charge is 0.419 e. The molecule has 228 valence electrons. The summed E-state index contributed by atoms with van der Waals surface area (Å²) in [6.07, 6.45) is -1.53. The molecule has 0 spiro atoms. The van der Waals surface area contributed by atoms with Crippen molar-refractivity contribution in [3.63, 3.8) is 0 Å². The van der Waals surface area contributed by atoms with Gasteiger partial charge in [-0.2, -0.15) is 18.3 Å². The van der Waals surface area contributed by atoms with Gasteiger partial charge >= 0.3 is 6.18 Å². The van der Waals surface area contributed by atoms with E-state index in [0.717, 1.165) is 16.8 Å². The summed E-state index contributed by atoms with van der Waals surface area (Å²) >= 11 is 0. The van der Waals surface area contributed by atoms with Crippen molar-refractivity contribution >= 4 is 34.1 Å². The van der Waals surface area contributed by atoms with E-state index in [4.69, 9.17) is 5.10 Å². The van der Waals surface area contributed by atoms with Gasteiger partial charge in [-0.3, -0.25) is 19.5 Å². The summed E-state index contributed by atoms with van der Waals surface area (Å²) in [5.74, 6) is -1.42. The number of allylic oxidation sites excluding steroid dienone is 1. The number of nitrogens with one attached hydrogen (secondary N) is 2. The molecule has 2 N–H and O–H groups in total. The number of hydrogen-bond donors (Lipinski definition) is 2. The van der Waals surface area contributed by atoms with E-state index in [1.54, 1.807) is 42.4 Å². The van der Waals surface area contributed by atoms with Gasteiger partial charge in [-0.05, 0) is 48.2 Å². The molecule has 13 heteroatoms. The van der Waals surface area contributed by atoms with E-state index >= 15 is 0 Å². The maximum absolute atomic E-state index is 14.9. The summed E-state index contributed by atoms with van der Waals surface area (Å²) in [5, 5.41) is 12.6. The number of anilines is 2. The fraction of sp³-hybridized carbons (Fsp3) is 0.290. The highest BCUT2D eigenvalue weighted by Gasteiger charge is 2.37. The Balaban J connectivity index is 1.35. The quantitative estimate of drug-likeness (QED) is 0.304. The third-order valence-corrected chi connectivity index (χ3v) is 7.98. The molecule has 4 aromatic rings. The van der Waals surface area contributed by atoms with Gasteiger partial charge in [0.15, 0.2) is 0 Å². The number of hydrogen-bond acceptors (Lipinski definition) is 6. The van der Waals surface area contributed by atoms with Gasteiger partial charge in [-0.1, -0.05) is 12.1 Å². The number of alkyl halides is 3. The standard InChI is InChI=1S/C31H29F4N7O2/c1-18-28(30(44)38-23-5-3-22-16-36-8-7-20(22)13-23)29(21-4-6-25(26(32)14-21)31(33,34)35)42-27(37-18)15-24(39-42)17-40-9-11-41(12-10-40)19(2)43/h3-8,13-16,29,37H,9-12,17H2,1-2H3,(H,38,44). The molecule has 2 aliphatic rings. The van der Waals surface area contributed by atoms with E-state index in [1.807, 2.05) is 12.1 Å². The molecule has 0 radical (unpaired) electrons. The molecule has 1 atom stereocenters. The first kappa shape index (κ1) is 29.3. The second-order valence-electron chi connectivity index (χ2n) is 10.9. The first-order chi connectivity index (χ1) is 21.0. The molecule has 44 heavy (non-hydrogen) atoms. The summed E-state index contributed by atoms with van der Waals surface area (Å²) in [6.45, 7) is 6.15. The van der Waals surface area contributed by atoms with Crippen LogP contribution in [0, 0.1) is 5.82 Å². The van der Waals surface area contributed by atoms with Crippen molar-refractivity contribution in [2.75, 3.05) is 36.8 Å². The number of fused-ring (bicyclic) bond motifs is 2. The third-order valence-electron chi connectivity index (χ3n) is 7.98. The van der Waals surface area contributed by atoms with Crippen LogP contribution in [0.5, 0.6) is 0 Å². The summed E-state index contributed by atoms with van der Waals surface area (Å²) in [6, 6.07) is 10.6. The van der Waals surface area contributed by atoms with Crippen LogP contribution >= 0.6 is 0 Å². The van der Waals surface area contributed by atoms with Crippen molar-refractivity contribution < 1.29 is 27.2 Å². The molecule has 9 nitrogen and oxygen atoms in total. The van der Waals surface area contributed by atoms with E-state index in [9.17, 15) is 27.2 Å². The average molecular weight is 608 g/mol. The molecule has 2 aliphatic heterocycles. The van der Waals surface area contributed by atoms with E-state index in [2.05, 4.69) is 20.5 Å². The van der Waals surface area contributed by atoms with Crippen molar-refractivity contribution in [1.29, 1.82) is 0 Å². The van der Waals surface area contributed by atoms with Crippen LogP contribution in [-0.2, 0) is 22.3 Å². The Kier molecular flexibility index (Phi) is 7.58. The minimum Gasteiger partial charge on any atom is -0.344 e. The molecule has 2 aromatic carbocycles. The molecule has 1 saturated heterocycles. The lowest BCUT2D eigenvalue weighted by molar-refractivity contribution is -0.140. The van der Waals surface area contributed by atoms with Gasteiger partial charge in [0.1, 0.15) is 17.7 Å². The van der Waals surface area contributed by atoms with Crippen LogP contribution in [-0.4, -0.2) is 62.6 Å². The number of benzene rings is 2. The summed E-state index contributed by atoms with van der Waals surface area (Å²) in [4.78, 5) is 33.6. The van der Waals surface area contributed by atoms with Crippen molar-refractivity contribution in [3.8, 4) is 0 Å². The zero-order valence-corrected chi connectivity index (χ0v) is 24.0. The number of amides is 2. The first-order valence-corrected chi connectivity index (χ1v) is 14.0. The van der Waals surface area contributed by atoms with Crippen molar-refractivity contribution in [2.24, 2.45) is 0 Å². The SMILES string of the molecule is CC(=O)N1CCN(Cc2cc3n(n2)C(c2ccc(C(F)(F)F)c(F)c2)C(C(=O)Nc2ccc4cnccc4c2)=C(C)N3)CC1. The van der Waals surface area contributed by atoms with Crippen LogP contribution in [0.4, 0.5) is 29.1 Å². The highest BCUT2D eigenvalue weighted by Crippen LogP contribution is 2.39. The predicted molar refractivity (Wildman–Crippen MR) is 156 cm³/mol. The molecule has 2 amide bonds. The van der Waals surface area contributed by atoms with Crippen LogP contribution in [0.3, 0.4) is 0 Å². The number of aromatic nitrogens is 3. The molecule has 2 aromatic heterocycles. The third kappa shape index (κ3) is 5.74. The molecular formula is C31H29F4N7O2. The Hall–Kier alpha value is -4.78. The van der Waals surface area contributed by atoms with Crippen LogP contribution in [0.15, 0.2) is 72.2 Å². The second kappa shape index (κ2) is 11.4. The lowest BCUT2D eigenvalue weighted by Gasteiger charge is -2.33. The van der Waals surface area contributed by atoms with Crippen LogP contribution in [0.25, 0.3) is 10.8 Å².